The maximum atomic E-state index is 9.58. The molecule has 0 spiro atoms. The predicted molar refractivity (Wildman–Crippen MR) is 92.4 cm³/mol. The van der Waals surface area contributed by atoms with Crippen LogP contribution in [0.2, 0.25) is 0 Å². The number of rotatable bonds is 6. The Morgan fingerprint density at radius 1 is 0.652 bits per heavy atom. The first kappa shape index (κ1) is 15.5. The Labute approximate surface area is 136 Å². The Kier molecular flexibility index (Phi) is 5.20. The maximum absolute atomic E-state index is 9.58. The standard InChI is InChI=1S/C21H20O2/c22-23-20(16-17-10-4-1-5-11-17)21(18-12-6-2-7-13-18)19-14-8-3-9-15-19/h1-15,20-22H,16H2. The van der Waals surface area contributed by atoms with E-state index in [1.165, 1.54) is 0 Å². The second kappa shape index (κ2) is 7.73. The molecule has 1 atom stereocenters. The van der Waals surface area contributed by atoms with E-state index in [2.05, 4.69) is 36.4 Å². The van der Waals surface area contributed by atoms with Gasteiger partial charge in [0, 0.05) is 12.3 Å². The second-order valence-corrected chi connectivity index (χ2v) is 5.63. The van der Waals surface area contributed by atoms with Gasteiger partial charge in [-0.1, -0.05) is 91.0 Å². The molecule has 0 aliphatic carbocycles. The van der Waals surface area contributed by atoms with Crippen molar-refractivity contribution in [2.45, 2.75) is 18.4 Å². The van der Waals surface area contributed by atoms with Crippen molar-refractivity contribution in [1.82, 2.24) is 0 Å². The molecule has 23 heavy (non-hydrogen) atoms. The second-order valence-electron chi connectivity index (χ2n) is 5.63. The Morgan fingerprint density at radius 2 is 1.09 bits per heavy atom. The smallest absolute Gasteiger partial charge is 0.108 e. The molecular formula is C21H20O2. The zero-order valence-electron chi connectivity index (χ0n) is 12.9. The summed E-state index contributed by atoms with van der Waals surface area (Å²) in [5, 5.41) is 9.58. The van der Waals surface area contributed by atoms with Crippen LogP contribution in [0.4, 0.5) is 0 Å². The van der Waals surface area contributed by atoms with Crippen LogP contribution in [0.1, 0.15) is 22.6 Å². The molecule has 2 heteroatoms. The van der Waals surface area contributed by atoms with Crippen LogP contribution in [-0.4, -0.2) is 11.4 Å². The van der Waals surface area contributed by atoms with Gasteiger partial charge >= 0.3 is 0 Å². The van der Waals surface area contributed by atoms with Gasteiger partial charge in [0.15, 0.2) is 0 Å². The van der Waals surface area contributed by atoms with Crippen molar-refractivity contribution < 1.29 is 10.1 Å². The minimum Gasteiger partial charge on any atom is -0.251 e. The van der Waals surface area contributed by atoms with Crippen LogP contribution in [0.5, 0.6) is 0 Å². The molecular weight excluding hydrogens is 284 g/mol. The molecule has 0 heterocycles. The van der Waals surface area contributed by atoms with E-state index in [1.54, 1.807) is 0 Å². The summed E-state index contributed by atoms with van der Waals surface area (Å²) < 4.78 is 0. The van der Waals surface area contributed by atoms with Gasteiger partial charge in [0.2, 0.25) is 0 Å². The molecule has 116 valence electrons. The van der Waals surface area contributed by atoms with Crippen molar-refractivity contribution in [3.63, 3.8) is 0 Å². The first-order valence-corrected chi connectivity index (χ1v) is 7.82. The van der Waals surface area contributed by atoms with E-state index in [-0.39, 0.29) is 12.0 Å². The molecule has 0 saturated heterocycles. The average molecular weight is 304 g/mol. The van der Waals surface area contributed by atoms with Crippen LogP contribution in [0.15, 0.2) is 91.0 Å². The molecule has 0 fully saturated rings. The Morgan fingerprint density at radius 3 is 1.52 bits per heavy atom. The largest absolute Gasteiger partial charge is 0.251 e. The minimum absolute atomic E-state index is 0.0254. The molecule has 0 aliphatic heterocycles. The van der Waals surface area contributed by atoms with E-state index in [0.29, 0.717) is 6.42 Å². The molecule has 3 aromatic rings. The SMILES string of the molecule is OOC(Cc1ccccc1)C(c1ccccc1)c1ccccc1. The van der Waals surface area contributed by atoms with Gasteiger partial charge in [0.05, 0.1) is 0 Å². The molecule has 1 N–H and O–H groups in total. The fourth-order valence-corrected chi connectivity index (χ4v) is 3.00. The number of hydrogen-bond donors (Lipinski definition) is 1. The Hall–Kier alpha value is -2.42. The first-order chi connectivity index (χ1) is 11.4. The lowest BCUT2D eigenvalue weighted by atomic mass is 9.84. The summed E-state index contributed by atoms with van der Waals surface area (Å²) >= 11 is 0. The van der Waals surface area contributed by atoms with Gasteiger partial charge in [0.1, 0.15) is 6.10 Å². The predicted octanol–water partition coefficient (Wildman–Crippen LogP) is 4.92. The number of hydrogen-bond acceptors (Lipinski definition) is 2. The summed E-state index contributed by atoms with van der Waals surface area (Å²) in [6.07, 6.45) is 0.299. The quantitative estimate of drug-likeness (QED) is 0.517. The highest BCUT2D eigenvalue weighted by atomic mass is 17.1. The molecule has 0 aliphatic rings. The monoisotopic (exact) mass is 304 g/mol. The van der Waals surface area contributed by atoms with Crippen molar-refractivity contribution in [2.24, 2.45) is 0 Å². The van der Waals surface area contributed by atoms with E-state index in [1.807, 2.05) is 54.6 Å². The molecule has 0 aromatic heterocycles. The van der Waals surface area contributed by atoms with Crippen molar-refractivity contribution in [2.75, 3.05) is 0 Å². The lowest BCUT2D eigenvalue weighted by molar-refractivity contribution is -0.281. The van der Waals surface area contributed by atoms with E-state index in [4.69, 9.17) is 4.89 Å². The van der Waals surface area contributed by atoms with E-state index >= 15 is 0 Å². The summed E-state index contributed by atoms with van der Waals surface area (Å²) in [6.45, 7) is 0. The third-order valence-electron chi connectivity index (χ3n) is 4.10. The molecule has 3 aromatic carbocycles. The van der Waals surface area contributed by atoms with Gasteiger partial charge in [-0.2, -0.15) is 0 Å². The highest BCUT2D eigenvalue weighted by Gasteiger charge is 2.26. The maximum Gasteiger partial charge on any atom is 0.108 e. The fraction of sp³-hybridized carbons (Fsp3) is 0.143. The molecule has 2 nitrogen and oxygen atoms in total. The van der Waals surface area contributed by atoms with Crippen molar-refractivity contribution in [1.29, 1.82) is 0 Å². The summed E-state index contributed by atoms with van der Waals surface area (Å²) in [5.41, 5.74) is 3.41. The third kappa shape index (κ3) is 3.86. The normalized spacial score (nSPS) is 12.3. The minimum atomic E-state index is -0.345. The highest BCUT2D eigenvalue weighted by molar-refractivity contribution is 5.34. The van der Waals surface area contributed by atoms with Gasteiger partial charge in [-0.15, -0.1) is 0 Å². The van der Waals surface area contributed by atoms with Crippen molar-refractivity contribution in [3.8, 4) is 0 Å². The molecule has 0 radical (unpaired) electrons. The first-order valence-electron chi connectivity index (χ1n) is 7.82. The van der Waals surface area contributed by atoms with Crippen LogP contribution in [0.25, 0.3) is 0 Å². The average Bonchev–Trinajstić information content (AvgIpc) is 2.64. The summed E-state index contributed by atoms with van der Waals surface area (Å²) in [4.78, 5) is 4.93. The van der Waals surface area contributed by atoms with Gasteiger partial charge in [-0.25, -0.2) is 4.89 Å². The number of benzene rings is 3. The molecule has 0 saturated carbocycles. The van der Waals surface area contributed by atoms with Crippen molar-refractivity contribution in [3.05, 3.63) is 108 Å². The lowest BCUT2D eigenvalue weighted by Gasteiger charge is -2.25. The molecule has 0 amide bonds. The van der Waals surface area contributed by atoms with E-state index in [0.717, 1.165) is 16.7 Å². The lowest BCUT2D eigenvalue weighted by Crippen LogP contribution is -2.25. The zero-order chi connectivity index (χ0) is 15.9. The van der Waals surface area contributed by atoms with Gasteiger partial charge in [-0.3, -0.25) is 5.26 Å². The van der Waals surface area contributed by atoms with Crippen LogP contribution in [-0.2, 0) is 11.3 Å². The molecule has 3 rings (SSSR count). The Balaban J connectivity index is 1.96. The van der Waals surface area contributed by atoms with E-state index < -0.39 is 0 Å². The topological polar surface area (TPSA) is 29.5 Å². The molecule has 0 bridgehead atoms. The van der Waals surface area contributed by atoms with Crippen molar-refractivity contribution >= 4 is 0 Å². The van der Waals surface area contributed by atoms with Gasteiger partial charge in [-0.05, 0) is 16.7 Å². The third-order valence-corrected chi connectivity index (χ3v) is 4.10. The summed E-state index contributed by atoms with van der Waals surface area (Å²) in [5.74, 6) is -0.0254. The summed E-state index contributed by atoms with van der Waals surface area (Å²) in [6, 6.07) is 30.5. The van der Waals surface area contributed by atoms with Crippen LogP contribution >= 0.6 is 0 Å². The summed E-state index contributed by atoms with van der Waals surface area (Å²) in [7, 11) is 0. The van der Waals surface area contributed by atoms with E-state index in [9.17, 15) is 5.26 Å². The highest BCUT2D eigenvalue weighted by Crippen LogP contribution is 2.31. The van der Waals surface area contributed by atoms with Gasteiger partial charge < -0.3 is 0 Å². The van der Waals surface area contributed by atoms with Gasteiger partial charge in [0.25, 0.3) is 0 Å². The Bertz CT molecular complexity index is 656. The fourth-order valence-electron chi connectivity index (χ4n) is 3.00. The van der Waals surface area contributed by atoms with Crippen LogP contribution in [0.3, 0.4) is 0 Å². The van der Waals surface area contributed by atoms with Crippen LogP contribution < -0.4 is 0 Å². The zero-order valence-corrected chi connectivity index (χ0v) is 12.9. The molecule has 1 unspecified atom stereocenters. The van der Waals surface area contributed by atoms with Crippen LogP contribution in [0, 0.1) is 0 Å².